The van der Waals surface area contributed by atoms with Gasteiger partial charge in [-0.05, 0) is 41.6 Å². The first-order valence-electron chi connectivity index (χ1n) is 5.43. The predicted molar refractivity (Wildman–Crippen MR) is 69.9 cm³/mol. The molecule has 18 heavy (non-hydrogen) atoms. The zero-order valence-corrected chi connectivity index (χ0v) is 11.4. The second kappa shape index (κ2) is 5.72. The SMILES string of the molecule is Cc1nnnn1CCC(=O)Nc1ccc(Br)cc1. The average molecular weight is 310 g/mol. The molecule has 1 N–H and O–H groups in total. The van der Waals surface area contributed by atoms with Crippen molar-refractivity contribution in [2.45, 2.75) is 19.9 Å². The maximum absolute atomic E-state index is 11.7. The molecule has 0 aliphatic carbocycles. The number of carbonyl (C=O) groups is 1. The van der Waals surface area contributed by atoms with E-state index in [1.165, 1.54) is 0 Å². The largest absolute Gasteiger partial charge is 0.326 e. The summed E-state index contributed by atoms with van der Waals surface area (Å²) in [4.78, 5) is 11.7. The highest BCUT2D eigenvalue weighted by Crippen LogP contribution is 2.14. The van der Waals surface area contributed by atoms with Gasteiger partial charge in [0, 0.05) is 16.6 Å². The third-order valence-electron chi connectivity index (χ3n) is 2.39. The molecule has 2 aromatic rings. The van der Waals surface area contributed by atoms with Crippen LogP contribution in [0.25, 0.3) is 0 Å². The van der Waals surface area contributed by atoms with E-state index in [2.05, 4.69) is 36.8 Å². The minimum absolute atomic E-state index is 0.0628. The third kappa shape index (κ3) is 3.36. The van der Waals surface area contributed by atoms with Gasteiger partial charge in [-0.3, -0.25) is 4.79 Å². The molecular formula is C11H12BrN5O. The minimum atomic E-state index is -0.0628. The van der Waals surface area contributed by atoms with Gasteiger partial charge in [-0.15, -0.1) is 5.10 Å². The fourth-order valence-electron chi connectivity index (χ4n) is 1.42. The maximum Gasteiger partial charge on any atom is 0.226 e. The van der Waals surface area contributed by atoms with Crippen LogP contribution < -0.4 is 5.32 Å². The van der Waals surface area contributed by atoms with Crippen LogP contribution in [-0.4, -0.2) is 26.1 Å². The van der Waals surface area contributed by atoms with Crippen LogP contribution in [0, 0.1) is 6.92 Å². The normalized spacial score (nSPS) is 10.3. The molecule has 0 aliphatic rings. The van der Waals surface area contributed by atoms with E-state index in [1.54, 1.807) is 11.6 Å². The van der Waals surface area contributed by atoms with E-state index in [9.17, 15) is 4.79 Å². The first-order chi connectivity index (χ1) is 8.65. The van der Waals surface area contributed by atoms with Gasteiger partial charge in [-0.2, -0.15) is 0 Å². The molecule has 7 heteroatoms. The topological polar surface area (TPSA) is 72.7 Å². The summed E-state index contributed by atoms with van der Waals surface area (Å²) in [7, 11) is 0. The number of amides is 1. The lowest BCUT2D eigenvalue weighted by atomic mass is 10.3. The molecule has 94 valence electrons. The van der Waals surface area contributed by atoms with Crippen molar-refractivity contribution in [1.29, 1.82) is 0 Å². The molecule has 0 spiro atoms. The zero-order valence-electron chi connectivity index (χ0n) is 9.80. The van der Waals surface area contributed by atoms with Gasteiger partial charge < -0.3 is 5.32 Å². The molecule has 0 aliphatic heterocycles. The number of benzene rings is 1. The van der Waals surface area contributed by atoms with Crippen molar-refractivity contribution in [2.75, 3.05) is 5.32 Å². The van der Waals surface area contributed by atoms with Gasteiger partial charge in [0.15, 0.2) is 0 Å². The lowest BCUT2D eigenvalue weighted by Crippen LogP contribution is -2.15. The molecule has 6 nitrogen and oxygen atoms in total. The van der Waals surface area contributed by atoms with Gasteiger partial charge in [0.25, 0.3) is 0 Å². The molecule has 0 unspecified atom stereocenters. The first kappa shape index (κ1) is 12.7. The number of hydrogen-bond donors (Lipinski definition) is 1. The smallest absolute Gasteiger partial charge is 0.226 e. The van der Waals surface area contributed by atoms with Gasteiger partial charge in [-0.1, -0.05) is 15.9 Å². The Bertz CT molecular complexity index is 537. The summed E-state index contributed by atoms with van der Waals surface area (Å²) in [6.45, 7) is 2.27. The number of tetrazole rings is 1. The Hall–Kier alpha value is -1.76. The number of aromatic nitrogens is 4. The first-order valence-corrected chi connectivity index (χ1v) is 6.22. The van der Waals surface area contributed by atoms with E-state index in [-0.39, 0.29) is 5.91 Å². The summed E-state index contributed by atoms with van der Waals surface area (Å²) in [6, 6.07) is 7.43. The van der Waals surface area contributed by atoms with Crippen LogP contribution in [0.15, 0.2) is 28.7 Å². The quantitative estimate of drug-likeness (QED) is 0.934. The molecule has 0 atom stereocenters. The van der Waals surface area contributed by atoms with Crippen molar-refractivity contribution >= 4 is 27.5 Å². The Morgan fingerprint density at radius 3 is 2.72 bits per heavy atom. The number of nitrogens with zero attached hydrogens (tertiary/aromatic N) is 4. The van der Waals surface area contributed by atoms with Crippen molar-refractivity contribution in [3.05, 3.63) is 34.6 Å². The highest BCUT2D eigenvalue weighted by atomic mass is 79.9. The summed E-state index contributed by atoms with van der Waals surface area (Å²) in [5.41, 5.74) is 0.775. The molecule has 1 heterocycles. The number of halogens is 1. The van der Waals surface area contributed by atoms with Crippen LogP contribution in [0.4, 0.5) is 5.69 Å². The predicted octanol–water partition coefficient (Wildman–Crippen LogP) is 1.77. The summed E-state index contributed by atoms with van der Waals surface area (Å²) in [5, 5.41) is 13.9. The molecule has 0 saturated carbocycles. The molecular weight excluding hydrogens is 298 g/mol. The fraction of sp³-hybridized carbons (Fsp3) is 0.273. The van der Waals surface area contributed by atoms with Gasteiger partial charge in [0.2, 0.25) is 5.91 Å². The monoisotopic (exact) mass is 309 g/mol. The molecule has 2 rings (SSSR count). The van der Waals surface area contributed by atoms with Crippen LogP contribution >= 0.6 is 15.9 Å². The number of hydrogen-bond acceptors (Lipinski definition) is 4. The van der Waals surface area contributed by atoms with Crippen LogP contribution in [0.5, 0.6) is 0 Å². The number of anilines is 1. The van der Waals surface area contributed by atoms with E-state index < -0.39 is 0 Å². The Balaban J connectivity index is 1.86. The van der Waals surface area contributed by atoms with Gasteiger partial charge in [-0.25, -0.2) is 4.68 Å². The second-order valence-electron chi connectivity index (χ2n) is 3.75. The number of aryl methyl sites for hydroxylation is 2. The lowest BCUT2D eigenvalue weighted by molar-refractivity contribution is -0.116. The Morgan fingerprint density at radius 2 is 2.11 bits per heavy atom. The van der Waals surface area contributed by atoms with Gasteiger partial charge in [0.1, 0.15) is 5.82 Å². The van der Waals surface area contributed by atoms with E-state index in [0.717, 1.165) is 10.2 Å². The van der Waals surface area contributed by atoms with Gasteiger partial charge in [0.05, 0.1) is 6.54 Å². The van der Waals surface area contributed by atoms with Crippen LogP contribution in [0.2, 0.25) is 0 Å². The van der Waals surface area contributed by atoms with Crippen LogP contribution in [0.3, 0.4) is 0 Å². The van der Waals surface area contributed by atoms with Crippen molar-refractivity contribution < 1.29 is 4.79 Å². The minimum Gasteiger partial charge on any atom is -0.326 e. The van der Waals surface area contributed by atoms with E-state index in [4.69, 9.17) is 0 Å². The second-order valence-corrected chi connectivity index (χ2v) is 4.67. The molecule has 0 saturated heterocycles. The van der Waals surface area contributed by atoms with E-state index in [1.807, 2.05) is 24.3 Å². The molecule has 1 aromatic carbocycles. The summed E-state index contributed by atoms with van der Waals surface area (Å²) >= 11 is 3.34. The molecule has 1 aromatic heterocycles. The molecule has 1 amide bonds. The molecule has 0 radical (unpaired) electrons. The van der Waals surface area contributed by atoms with Gasteiger partial charge >= 0.3 is 0 Å². The summed E-state index contributed by atoms with van der Waals surface area (Å²) in [5.74, 6) is 0.638. The lowest BCUT2D eigenvalue weighted by Gasteiger charge is -2.05. The van der Waals surface area contributed by atoms with E-state index >= 15 is 0 Å². The molecule has 0 bridgehead atoms. The third-order valence-corrected chi connectivity index (χ3v) is 2.92. The Labute approximate surface area is 113 Å². The van der Waals surface area contributed by atoms with Crippen molar-refractivity contribution in [3.63, 3.8) is 0 Å². The highest BCUT2D eigenvalue weighted by molar-refractivity contribution is 9.10. The highest BCUT2D eigenvalue weighted by Gasteiger charge is 2.05. The van der Waals surface area contributed by atoms with Crippen molar-refractivity contribution in [3.8, 4) is 0 Å². The zero-order chi connectivity index (χ0) is 13.0. The number of rotatable bonds is 4. The standard InChI is InChI=1S/C11H12BrN5O/c1-8-14-15-16-17(8)7-6-11(18)13-10-4-2-9(12)3-5-10/h2-5H,6-7H2,1H3,(H,13,18). The van der Waals surface area contributed by atoms with Crippen molar-refractivity contribution in [1.82, 2.24) is 20.2 Å². The van der Waals surface area contributed by atoms with Crippen LogP contribution in [-0.2, 0) is 11.3 Å². The maximum atomic E-state index is 11.7. The molecule has 0 fully saturated rings. The van der Waals surface area contributed by atoms with Crippen molar-refractivity contribution in [2.24, 2.45) is 0 Å². The fourth-order valence-corrected chi connectivity index (χ4v) is 1.68. The van der Waals surface area contributed by atoms with Crippen LogP contribution in [0.1, 0.15) is 12.2 Å². The van der Waals surface area contributed by atoms with E-state index in [0.29, 0.717) is 18.8 Å². The Morgan fingerprint density at radius 1 is 1.39 bits per heavy atom. The summed E-state index contributed by atoms with van der Waals surface area (Å²) < 4.78 is 2.58. The average Bonchev–Trinajstić information content (AvgIpc) is 2.75. The summed E-state index contributed by atoms with van der Waals surface area (Å²) in [6.07, 6.45) is 0.335. The number of carbonyl (C=O) groups excluding carboxylic acids is 1. The Kier molecular flexibility index (Phi) is 4.03. The number of nitrogens with one attached hydrogen (secondary N) is 1.